The third kappa shape index (κ3) is 2.99. The highest BCUT2D eigenvalue weighted by molar-refractivity contribution is 6.33. The van der Waals surface area contributed by atoms with Gasteiger partial charge in [-0.1, -0.05) is 96.5 Å². The standard InChI is InChI=1S/C31H21Cl/c1-20-16-27-29-17-25(21-10-4-2-5-11-21)23-14-8-9-15-24(23)28(29)18-26(30(27)19-31(20)32)22-12-6-3-7-13-22/h2-19H,1H3. The van der Waals surface area contributed by atoms with Crippen LogP contribution in [0.2, 0.25) is 5.02 Å². The van der Waals surface area contributed by atoms with Gasteiger partial charge < -0.3 is 0 Å². The van der Waals surface area contributed by atoms with E-state index in [0.717, 1.165) is 10.6 Å². The molecular formula is C31H21Cl. The Morgan fingerprint density at radius 3 is 1.53 bits per heavy atom. The van der Waals surface area contributed by atoms with Crippen LogP contribution >= 0.6 is 11.6 Å². The molecule has 0 unspecified atom stereocenters. The maximum Gasteiger partial charge on any atom is 0.0441 e. The second-order valence-corrected chi connectivity index (χ2v) is 8.78. The second-order valence-electron chi connectivity index (χ2n) is 8.37. The molecule has 6 aromatic carbocycles. The highest BCUT2D eigenvalue weighted by Crippen LogP contribution is 2.42. The fourth-order valence-electron chi connectivity index (χ4n) is 4.84. The highest BCUT2D eigenvalue weighted by Gasteiger charge is 2.15. The van der Waals surface area contributed by atoms with Gasteiger partial charge in [0.1, 0.15) is 0 Å². The molecular weight excluding hydrogens is 408 g/mol. The summed E-state index contributed by atoms with van der Waals surface area (Å²) in [6.45, 7) is 2.09. The van der Waals surface area contributed by atoms with Gasteiger partial charge in [-0.15, -0.1) is 0 Å². The van der Waals surface area contributed by atoms with Gasteiger partial charge >= 0.3 is 0 Å². The van der Waals surface area contributed by atoms with Crippen molar-refractivity contribution in [1.82, 2.24) is 0 Å². The van der Waals surface area contributed by atoms with Crippen molar-refractivity contribution in [3.05, 3.63) is 120 Å². The molecule has 0 N–H and O–H groups in total. The van der Waals surface area contributed by atoms with Crippen molar-refractivity contribution in [2.75, 3.05) is 0 Å². The number of aryl methyl sites for hydroxylation is 1. The van der Waals surface area contributed by atoms with Gasteiger partial charge in [-0.2, -0.15) is 0 Å². The highest BCUT2D eigenvalue weighted by atomic mass is 35.5. The summed E-state index contributed by atoms with van der Waals surface area (Å²) in [5, 5.41) is 8.31. The normalized spacial score (nSPS) is 11.4. The molecule has 6 rings (SSSR count). The number of hydrogen-bond donors (Lipinski definition) is 0. The van der Waals surface area contributed by atoms with Crippen LogP contribution in [0.25, 0.3) is 54.6 Å². The van der Waals surface area contributed by atoms with Crippen molar-refractivity contribution >= 4 is 43.9 Å². The molecule has 32 heavy (non-hydrogen) atoms. The van der Waals surface area contributed by atoms with Crippen LogP contribution in [0.15, 0.2) is 109 Å². The maximum absolute atomic E-state index is 6.62. The van der Waals surface area contributed by atoms with Gasteiger partial charge in [0.25, 0.3) is 0 Å². The van der Waals surface area contributed by atoms with Crippen LogP contribution in [-0.4, -0.2) is 0 Å². The zero-order chi connectivity index (χ0) is 21.7. The Kier molecular flexibility index (Phi) is 4.48. The molecule has 0 aliphatic heterocycles. The Bertz CT molecular complexity index is 1610. The predicted octanol–water partition coefficient (Wildman–Crippen LogP) is 9.44. The van der Waals surface area contributed by atoms with Gasteiger partial charge in [0.2, 0.25) is 0 Å². The Labute approximate surface area is 192 Å². The first-order valence-electron chi connectivity index (χ1n) is 10.9. The summed E-state index contributed by atoms with van der Waals surface area (Å²) < 4.78 is 0. The van der Waals surface area contributed by atoms with Crippen molar-refractivity contribution in [2.45, 2.75) is 6.92 Å². The molecule has 0 atom stereocenters. The minimum Gasteiger partial charge on any atom is -0.0840 e. The van der Waals surface area contributed by atoms with Crippen LogP contribution in [0.5, 0.6) is 0 Å². The molecule has 0 saturated carbocycles. The van der Waals surface area contributed by atoms with E-state index in [4.69, 9.17) is 11.6 Å². The van der Waals surface area contributed by atoms with E-state index in [-0.39, 0.29) is 0 Å². The summed E-state index contributed by atoms with van der Waals surface area (Å²) in [4.78, 5) is 0. The molecule has 0 nitrogen and oxygen atoms in total. The smallest absolute Gasteiger partial charge is 0.0441 e. The average Bonchev–Trinajstić information content (AvgIpc) is 2.85. The van der Waals surface area contributed by atoms with E-state index in [2.05, 4.69) is 116 Å². The van der Waals surface area contributed by atoms with E-state index in [0.29, 0.717) is 0 Å². The molecule has 0 aromatic heterocycles. The first-order chi connectivity index (χ1) is 15.7. The van der Waals surface area contributed by atoms with E-state index in [1.54, 1.807) is 0 Å². The van der Waals surface area contributed by atoms with E-state index in [9.17, 15) is 0 Å². The van der Waals surface area contributed by atoms with Crippen LogP contribution in [0.1, 0.15) is 5.56 Å². The minimum absolute atomic E-state index is 0.804. The van der Waals surface area contributed by atoms with Crippen LogP contribution in [0.3, 0.4) is 0 Å². The van der Waals surface area contributed by atoms with Gasteiger partial charge in [-0.05, 0) is 91.3 Å². The summed E-state index contributed by atoms with van der Waals surface area (Å²) >= 11 is 6.62. The summed E-state index contributed by atoms with van der Waals surface area (Å²) in [5.41, 5.74) is 6.01. The molecule has 0 spiro atoms. The Balaban J connectivity index is 1.84. The van der Waals surface area contributed by atoms with Gasteiger partial charge in [0, 0.05) is 5.02 Å². The van der Waals surface area contributed by atoms with Crippen LogP contribution in [0, 0.1) is 6.92 Å². The zero-order valence-corrected chi connectivity index (χ0v) is 18.5. The maximum atomic E-state index is 6.62. The van der Waals surface area contributed by atoms with Gasteiger partial charge in [-0.3, -0.25) is 0 Å². The van der Waals surface area contributed by atoms with E-state index < -0.39 is 0 Å². The Morgan fingerprint density at radius 1 is 0.438 bits per heavy atom. The second kappa shape index (κ2) is 7.51. The van der Waals surface area contributed by atoms with E-state index in [1.807, 2.05) is 0 Å². The van der Waals surface area contributed by atoms with Gasteiger partial charge in [-0.25, -0.2) is 0 Å². The van der Waals surface area contributed by atoms with Crippen molar-refractivity contribution in [1.29, 1.82) is 0 Å². The SMILES string of the molecule is Cc1cc2c(cc1Cl)c(-c1ccccc1)cc1c3ccccc3c(-c3ccccc3)cc21. The molecule has 0 bridgehead atoms. The molecule has 0 aliphatic carbocycles. The Hall–Kier alpha value is -3.61. The fraction of sp³-hybridized carbons (Fsp3) is 0.0323. The monoisotopic (exact) mass is 428 g/mol. The van der Waals surface area contributed by atoms with E-state index in [1.165, 1.54) is 54.6 Å². The summed E-state index contributed by atoms with van der Waals surface area (Å²) in [6, 6.07) is 39.1. The van der Waals surface area contributed by atoms with Crippen molar-refractivity contribution in [3.8, 4) is 22.3 Å². The lowest BCUT2D eigenvalue weighted by Crippen LogP contribution is -1.90. The summed E-state index contributed by atoms with van der Waals surface area (Å²) in [6.07, 6.45) is 0. The molecule has 1 heteroatoms. The lowest BCUT2D eigenvalue weighted by molar-refractivity contribution is 1.51. The van der Waals surface area contributed by atoms with Gasteiger partial charge in [0.15, 0.2) is 0 Å². The first kappa shape index (κ1) is 19.1. The van der Waals surface area contributed by atoms with Gasteiger partial charge in [0.05, 0.1) is 0 Å². The quantitative estimate of drug-likeness (QED) is 0.241. The molecule has 0 heterocycles. The van der Waals surface area contributed by atoms with E-state index >= 15 is 0 Å². The molecule has 152 valence electrons. The number of fused-ring (bicyclic) bond motifs is 5. The number of benzene rings is 6. The predicted molar refractivity (Wildman–Crippen MR) is 140 cm³/mol. The first-order valence-corrected chi connectivity index (χ1v) is 11.3. The third-order valence-electron chi connectivity index (χ3n) is 6.42. The zero-order valence-electron chi connectivity index (χ0n) is 17.8. The molecule has 6 aromatic rings. The molecule has 0 saturated heterocycles. The average molecular weight is 429 g/mol. The fourth-order valence-corrected chi connectivity index (χ4v) is 5.00. The van der Waals surface area contributed by atoms with Crippen molar-refractivity contribution in [3.63, 3.8) is 0 Å². The Morgan fingerprint density at radius 2 is 0.906 bits per heavy atom. The topological polar surface area (TPSA) is 0 Å². The number of halogens is 1. The molecule has 0 aliphatic rings. The lowest BCUT2D eigenvalue weighted by atomic mass is 9.87. The number of hydrogen-bond acceptors (Lipinski definition) is 0. The number of rotatable bonds is 2. The van der Waals surface area contributed by atoms with Crippen LogP contribution < -0.4 is 0 Å². The van der Waals surface area contributed by atoms with Crippen molar-refractivity contribution in [2.24, 2.45) is 0 Å². The third-order valence-corrected chi connectivity index (χ3v) is 6.83. The summed E-state index contributed by atoms with van der Waals surface area (Å²) in [7, 11) is 0. The molecule has 0 radical (unpaired) electrons. The van der Waals surface area contributed by atoms with Crippen LogP contribution in [0.4, 0.5) is 0 Å². The van der Waals surface area contributed by atoms with Crippen LogP contribution in [-0.2, 0) is 0 Å². The van der Waals surface area contributed by atoms with Crippen molar-refractivity contribution < 1.29 is 0 Å². The molecule has 0 fully saturated rings. The molecule has 0 amide bonds. The lowest BCUT2D eigenvalue weighted by Gasteiger charge is -2.17. The summed E-state index contributed by atoms with van der Waals surface area (Å²) in [5.74, 6) is 0. The largest absolute Gasteiger partial charge is 0.0840 e. The minimum atomic E-state index is 0.804.